The van der Waals surface area contributed by atoms with Crippen molar-refractivity contribution in [3.05, 3.63) is 66.2 Å². The first-order valence-electron chi connectivity index (χ1n) is 8.32. The highest BCUT2D eigenvalue weighted by Crippen LogP contribution is 2.47. The Kier molecular flexibility index (Phi) is 8.13. The summed E-state index contributed by atoms with van der Waals surface area (Å²) < 4.78 is 37.7. The van der Waals surface area contributed by atoms with Crippen molar-refractivity contribution in [2.45, 2.75) is 6.10 Å². The minimum absolute atomic E-state index is 0.353. The summed E-state index contributed by atoms with van der Waals surface area (Å²) in [5.74, 6) is 0.353. The van der Waals surface area contributed by atoms with Crippen LogP contribution in [0.25, 0.3) is 0 Å². The largest absolute Gasteiger partial charge is 0.485 e. The first kappa shape index (κ1) is 23.7. The van der Waals surface area contributed by atoms with Crippen LogP contribution >= 0.6 is 15.6 Å². The molecule has 0 aromatic heterocycles. The van der Waals surface area contributed by atoms with Gasteiger partial charge in [-0.2, -0.15) is 0 Å². The van der Waals surface area contributed by atoms with E-state index in [1.165, 1.54) is 0 Å². The number of aliphatic hydroxyl groups excluding tert-OH is 1. The van der Waals surface area contributed by atoms with Crippen molar-refractivity contribution in [3.63, 3.8) is 0 Å². The summed E-state index contributed by atoms with van der Waals surface area (Å²) in [6, 6.07) is 16.7. The fourth-order valence-corrected chi connectivity index (χ4v) is 3.45. The van der Waals surface area contributed by atoms with Gasteiger partial charge in [0.2, 0.25) is 0 Å². The Labute approximate surface area is 167 Å². The van der Waals surface area contributed by atoms with E-state index < -0.39 is 47.0 Å². The maximum Gasteiger partial charge on any atom is 0.469 e. The average molecular weight is 448 g/mol. The molecule has 29 heavy (non-hydrogen) atoms. The van der Waals surface area contributed by atoms with E-state index in [4.69, 9.17) is 24.3 Å². The third-order valence-electron chi connectivity index (χ3n) is 4.01. The number of benzene rings is 2. The highest BCUT2D eigenvalue weighted by atomic mass is 31.2. The van der Waals surface area contributed by atoms with Crippen molar-refractivity contribution in [2.75, 3.05) is 19.8 Å². The summed E-state index contributed by atoms with van der Waals surface area (Å²) in [6.07, 6.45) is -1.13. The van der Waals surface area contributed by atoms with Crippen molar-refractivity contribution in [1.82, 2.24) is 0 Å². The second kappa shape index (κ2) is 9.95. The molecular formula is C17H22O10P2. The summed E-state index contributed by atoms with van der Waals surface area (Å²) in [7, 11) is -9.94. The van der Waals surface area contributed by atoms with Gasteiger partial charge in [-0.3, -0.25) is 9.05 Å². The van der Waals surface area contributed by atoms with Crippen molar-refractivity contribution in [1.29, 1.82) is 0 Å². The molecule has 0 saturated carbocycles. The van der Waals surface area contributed by atoms with Gasteiger partial charge in [0.05, 0.1) is 25.2 Å². The van der Waals surface area contributed by atoms with Crippen LogP contribution in [-0.2, 0) is 18.2 Å². The van der Waals surface area contributed by atoms with Crippen molar-refractivity contribution < 1.29 is 47.6 Å². The van der Waals surface area contributed by atoms with Gasteiger partial charge in [0.1, 0.15) is 11.9 Å². The number of phosphoric acid groups is 2. The number of para-hydroxylation sites is 1. The third kappa shape index (κ3) is 7.64. The standard InChI is InChI=1S/C17H22O10P2/c18-11-17(12-25-28(19,20)21,13-26-29(22,23)24)16(14-7-3-1-4-8-14)27-15-9-5-2-6-10-15/h1-10,16,18H,11-13H2,(H2,19,20,21)(H2,22,23,24). The van der Waals surface area contributed by atoms with E-state index in [1.807, 2.05) is 0 Å². The lowest BCUT2D eigenvalue weighted by Gasteiger charge is -2.38. The Bertz CT molecular complexity index is 823. The highest BCUT2D eigenvalue weighted by Gasteiger charge is 2.45. The zero-order valence-electron chi connectivity index (χ0n) is 15.1. The quantitative estimate of drug-likeness (QED) is 0.321. The SMILES string of the molecule is O=P(O)(O)OCC(CO)(COP(=O)(O)O)C(Oc1ccccc1)c1ccccc1. The first-order valence-corrected chi connectivity index (χ1v) is 11.4. The molecule has 2 aromatic carbocycles. The van der Waals surface area contributed by atoms with Crippen molar-refractivity contribution in [3.8, 4) is 5.75 Å². The molecule has 1 atom stereocenters. The van der Waals surface area contributed by atoms with Crippen LogP contribution in [-0.4, -0.2) is 44.5 Å². The second-order valence-electron chi connectivity index (χ2n) is 6.27. The van der Waals surface area contributed by atoms with Crippen LogP contribution in [0.2, 0.25) is 0 Å². The number of rotatable bonds is 11. The number of phosphoric ester groups is 2. The summed E-state index contributed by atoms with van der Waals surface area (Å²) in [5.41, 5.74) is -1.30. The number of hydrogen-bond acceptors (Lipinski definition) is 6. The Hall–Kier alpha value is -1.58. The van der Waals surface area contributed by atoms with E-state index in [-0.39, 0.29) is 0 Å². The number of hydrogen-bond donors (Lipinski definition) is 5. The van der Waals surface area contributed by atoms with Crippen LogP contribution in [0.1, 0.15) is 11.7 Å². The third-order valence-corrected chi connectivity index (χ3v) is 4.94. The van der Waals surface area contributed by atoms with Gasteiger partial charge in [0.25, 0.3) is 0 Å². The van der Waals surface area contributed by atoms with Gasteiger partial charge in [-0.15, -0.1) is 0 Å². The molecule has 0 aliphatic heterocycles. The smallest absolute Gasteiger partial charge is 0.469 e. The molecule has 0 spiro atoms. The second-order valence-corrected chi connectivity index (χ2v) is 8.75. The van der Waals surface area contributed by atoms with Crippen LogP contribution < -0.4 is 4.74 Å². The summed E-state index contributed by atoms with van der Waals surface area (Å²) >= 11 is 0. The Morgan fingerprint density at radius 2 is 1.24 bits per heavy atom. The Morgan fingerprint density at radius 3 is 1.66 bits per heavy atom. The van der Waals surface area contributed by atoms with E-state index in [1.54, 1.807) is 60.7 Å². The van der Waals surface area contributed by atoms with Gasteiger partial charge in [-0.05, 0) is 17.7 Å². The van der Waals surface area contributed by atoms with Gasteiger partial charge in [0, 0.05) is 0 Å². The van der Waals surface area contributed by atoms with Crippen molar-refractivity contribution >= 4 is 15.6 Å². The fourth-order valence-electron chi connectivity index (χ4n) is 2.60. The van der Waals surface area contributed by atoms with Crippen LogP contribution in [0.5, 0.6) is 5.75 Å². The molecule has 0 bridgehead atoms. The number of aliphatic hydroxyl groups is 1. The molecule has 2 rings (SSSR count). The molecule has 0 heterocycles. The predicted molar refractivity (Wildman–Crippen MR) is 102 cm³/mol. The molecule has 0 fully saturated rings. The van der Waals surface area contributed by atoms with E-state index >= 15 is 0 Å². The number of ether oxygens (including phenoxy) is 1. The Balaban J connectivity index is 2.50. The maximum absolute atomic E-state index is 11.3. The summed E-state index contributed by atoms with van der Waals surface area (Å²) in [5, 5.41) is 10.1. The molecule has 160 valence electrons. The normalized spacial score (nSPS) is 13.8. The molecule has 0 aliphatic rings. The van der Waals surface area contributed by atoms with Crippen LogP contribution in [0.3, 0.4) is 0 Å². The molecule has 0 aliphatic carbocycles. The average Bonchev–Trinajstić information content (AvgIpc) is 2.67. The lowest BCUT2D eigenvalue weighted by Crippen LogP contribution is -2.44. The molecule has 5 N–H and O–H groups in total. The van der Waals surface area contributed by atoms with E-state index in [0.29, 0.717) is 11.3 Å². The lowest BCUT2D eigenvalue weighted by molar-refractivity contribution is -0.0706. The van der Waals surface area contributed by atoms with Gasteiger partial charge < -0.3 is 29.4 Å². The molecule has 0 saturated heterocycles. The zero-order valence-corrected chi connectivity index (χ0v) is 16.9. The van der Waals surface area contributed by atoms with Crippen LogP contribution in [0.15, 0.2) is 60.7 Å². The fraction of sp³-hybridized carbons (Fsp3) is 0.294. The molecular weight excluding hydrogens is 426 g/mol. The highest BCUT2D eigenvalue weighted by molar-refractivity contribution is 7.46. The van der Waals surface area contributed by atoms with E-state index in [0.717, 1.165) is 0 Å². The maximum atomic E-state index is 11.3. The van der Waals surface area contributed by atoms with Gasteiger partial charge in [0.15, 0.2) is 0 Å². The topological polar surface area (TPSA) is 163 Å². The first-order chi connectivity index (χ1) is 13.5. The zero-order chi connectivity index (χ0) is 21.5. The van der Waals surface area contributed by atoms with Crippen molar-refractivity contribution in [2.24, 2.45) is 5.41 Å². The minimum Gasteiger partial charge on any atom is -0.485 e. The molecule has 10 nitrogen and oxygen atoms in total. The summed E-state index contributed by atoms with van der Waals surface area (Å²) in [4.78, 5) is 36.5. The van der Waals surface area contributed by atoms with Gasteiger partial charge >= 0.3 is 15.6 Å². The molecule has 12 heteroatoms. The lowest BCUT2D eigenvalue weighted by atomic mass is 9.80. The monoisotopic (exact) mass is 448 g/mol. The minimum atomic E-state index is -4.97. The Morgan fingerprint density at radius 1 is 0.793 bits per heavy atom. The van der Waals surface area contributed by atoms with Crippen LogP contribution in [0.4, 0.5) is 0 Å². The van der Waals surface area contributed by atoms with Crippen LogP contribution in [0, 0.1) is 5.41 Å². The van der Waals surface area contributed by atoms with Gasteiger partial charge in [-0.25, -0.2) is 9.13 Å². The molecule has 0 radical (unpaired) electrons. The molecule has 1 unspecified atom stereocenters. The van der Waals surface area contributed by atoms with E-state index in [2.05, 4.69) is 9.05 Å². The van der Waals surface area contributed by atoms with E-state index in [9.17, 15) is 14.2 Å². The molecule has 2 aromatic rings. The van der Waals surface area contributed by atoms with Gasteiger partial charge in [-0.1, -0.05) is 48.5 Å². The molecule has 0 amide bonds. The summed E-state index contributed by atoms with van der Waals surface area (Å²) in [6.45, 7) is -2.43. The predicted octanol–water partition coefficient (Wildman–Crippen LogP) is 2.00.